The van der Waals surface area contributed by atoms with Gasteiger partial charge in [0.25, 0.3) is 10.1 Å². The van der Waals surface area contributed by atoms with Crippen molar-refractivity contribution in [2.24, 2.45) is 0 Å². The monoisotopic (exact) mass is 163 g/mol. The molecule has 10 heavy (non-hydrogen) atoms. The summed E-state index contributed by atoms with van der Waals surface area (Å²) in [6.45, 7) is 0. The molecule has 0 aromatic rings. The zero-order valence-electron chi connectivity index (χ0n) is 5.91. The van der Waals surface area contributed by atoms with E-state index in [0.717, 1.165) is 25.5 Å². The molecular weight excluding hydrogens is 152 g/mol. The summed E-state index contributed by atoms with van der Waals surface area (Å²) in [5.74, 6) is 0. The summed E-state index contributed by atoms with van der Waals surface area (Å²) < 4.78 is 25.8. The molecule has 0 spiro atoms. The minimum Gasteiger partial charge on any atom is -0.267 e. The third kappa shape index (κ3) is 2.66. The molecule has 1 atom stereocenters. The normalized spacial score (nSPS) is 21.7. The molecule has 4 heteroatoms. The van der Waals surface area contributed by atoms with Crippen LogP contribution in [0.3, 0.4) is 0 Å². The van der Waals surface area contributed by atoms with Gasteiger partial charge in [0.15, 0.2) is 0 Å². The van der Waals surface area contributed by atoms with Crippen LogP contribution >= 0.6 is 0 Å². The van der Waals surface area contributed by atoms with Gasteiger partial charge in [-0.15, -0.1) is 0 Å². The Hall–Kier alpha value is -0.0900. The highest BCUT2D eigenvalue weighted by Crippen LogP contribution is 2.20. The van der Waals surface area contributed by atoms with E-state index in [4.69, 9.17) is 4.18 Å². The third-order valence-electron chi connectivity index (χ3n) is 1.43. The van der Waals surface area contributed by atoms with Crippen molar-refractivity contribution in [2.45, 2.75) is 25.4 Å². The van der Waals surface area contributed by atoms with E-state index >= 15 is 0 Å². The molecule has 1 fully saturated rings. The van der Waals surface area contributed by atoms with Gasteiger partial charge in [0, 0.05) is 0 Å². The first-order valence-corrected chi connectivity index (χ1v) is 5.09. The van der Waals surface area contributed by atoms with Crippen molar-refractivity contribution in [3.05, 3.63) is 6.42 Å². The zero-order chi connectivity index (χ0) is 7.61. The van der Waals surface area contributed by atoms with Gasteiger partial charge in [0.2, 0.25) is 0 Å². The summed E-state index contributed by atoms with van der Waals surface area (Å²) >= 11 is 0. The summed E-state index contributed by atoms with van der Waals surface area (Å²) in [6, 6.07) is 0. The molecule has 0 bridgehead atoms. The van der Waals surface area contributed by atoms with Gasteiger partial charge in [0.05, 0.1) is 12.4 Å². The highest BCUT2D eigenvalue weighted by Gasteiger charge is 2.19. The molecule has 1 radical (unpaired) electrons. The smallest absolute Gasteiger partial charge is 0.264 e. The molecule has 3 nitrogen and oxygen atoms in total. The molecule has 0 amide bonds. The fourth-order valence-electron chi connectivity index (χ4n) is 1.06. The lowest BCUT2D eigenvalue weighted by molar-refractivity contribution is 0.222. The Kier molecular flexibility index (Phi) is 2.31. The van der Waals surface area contributed by atoms with Gasteiger partial charge in [-0.05, 0) is 25.7 Å². The molecule has 0 aromatic carbocycles. The van der Waals surface area contributed by atoms with Crippen LogP contribution in [-0.4, -0.2) is 20.8 Å². The zero-order valence-corrected chi connectivity index (χ0v) is 6.73. The minimum absolute atomic E-state index is 0.0880. The molecule has 1 rings (SSSR count). The van der Waals surface area contributed by atoms with Crippen LogP contribution in [0.4, 0.5) is 0 Å². The van der Waals surface area contributed by atoms with Gasteiger partial charge >= 0.3 is 0 Å². The summed E-state index contributed by atoms with van der Waals surface area (Å²) in [5, 5.41) is 0. The van der Waals surface area contributed by atoms with Crippen molar-refractivity contribution < 1.29 is 12.6 Å². The molecule has 0 aliphatic heterocycles. The predicted molar refractivity (Wildman–Crippen MR) is 37.9 cm³/mol. The van der Waals surface area contributed by atoms with Crippen molar-refractivity contribution in [1.29, 1.82) is 0 Å². The first-order valence-electron chi connectivity index (χ1n) is 3.28. The van der Waals surface area contributed by atoms with Crippen LogP contribution in [0.15, 0.2) is 0 Å². The maximum atomic E-state index is 10.6. The Morgan fingerprint density at radius 1 is 1.60 bits per heavy atom. The van der Waals surface area contributed by atoms with Gasteiger partial charge in [-0.25, -0.2) is 0 Å². The van der Waals surface area contributed by atoms with Crippen LogP contribution in [0.1, 0.15) is 19.3 Å². The number of hydrogen-bond donors (Lipinski definition) is 0. The Balaban J connectivity index is 2.38. The average molecular weight is 163 g/mol. The van der Waals surface area contributed by atoms with Crippen molar-refractivity contribution in [1.82, 2.24) is 0 Å². The Labute approximate surface area is 61.5 Å². The number of rotatable bonds is 2. The summed E-state index contributed by atoms with van der Waals surface area (Å²) in [6.07, 6.45) is 5.64. The Bertz CT molecular complexity index is 189. The van der Waals surface area contributed by atoms with E-state index in [9.17, 15) is 8.42 Å². The minimum atomic E-state index is -3.23. The molecular formula is C6H11O3S. The molecule has 59 valence electrons. The Morgan fingerprint density at radius 3 is 2.70 bits per heavy atom. The van der Waals surface area contributed by atoms with E-state index in [1.165, 1.54) is 0 Å². The lowest BCUT2D eigenvalue weighted by Gasteiger charge is -2.06. The van der Waals surface area contributed by atoms with Crippen molar-refractivity contribution >= 4 is 10.1 Å². The van der Waals surface area contributed by atoms with Gasteiger partial charge in [0.1, 0.15) is 0 Å². The molecule has 1 saturated carbocycles. The largest absolute Gasteiger partial charge is 0.267 e. The van der Waals surface area contributed by atoms with Crippen molar-refractivity contribution in [3.63, 3.8) is 0 Å². The SMILES string of the molecule is CS(=O)(=O)OC1C[CH]CC1. The van der Waals surface area contributed by atoms with Gasteiger partial charge in [-0.2, -0.15) is 8.42 Å². The predicted octanol–water partition coefficient (Wildman–Crippen LogP) is 0.719. The fourth-order valence-corrected chi connectivity index (χ4v) is 1.73. The molecule has 0 saturated heterocycles. The molecule has 1 aliphatic carbocycles. The molecule has 1 unspecified atom stereocenters. The van der Waals surface area contributed by atoms with Crippen LogP contribution in [0.25, 0.3) is 0 Å². The molecule has 0 heterocycles. The third-order valence-corrected chi connectivity index (χ3v) is 2.05. The first-order chi connectivity index (χ1) is 4.58. The van der Waals surface area contributed by atoms with E-state index in [0.29, 0.717) is 0 Å². The summed E-state index contributed by atoms with van der Waals surface area (Å²) in [7, 11) is -3.23. The second-order valence-electron chi connectivity index (χ2n) is 2.52. The summed E-state index contributed by atoms with van der Waals surface area (Å²) in [4.78, 5) is 0. The standard InChI is InChI=1S/C6H11O3S/c1-10(7,8)9-6-4-2-3-5-6/h2,6H,3-5H2,1H3. The lowest BCUT2D eigenvalue weighted by Crippen LogP contribution is -2.13. The van der Waals surface area contributed by atoms with E-state index < -0.39 is 10.1 Å². The molecule has 0 N–H and O–H groups in total. The topological polar surface area (TPSA) is 43.4 Å². The van der Waals surface area contributed by atoms with Gasteiger partial charge in [-0.3, -0.25) is 4.18 Å². The van der Waals surface area contributed by atoms with Gasteiger partial charge in [-0.1, -0.05) is 0 Å². The highest BCUT2D eigenvalue weighted by molar-refractivity contribution is 7.86. The number of hydrogen-bond acceptors (Lipinski definition) is 3. The van der Waals surface area contributed by atoms with Crippen molar-refractivity contribution in [3.8, 4) is 0 Å². The lowest BCUT2D eigenvalue weighted by atomic mass is 10.3. The van der Waals surface area contributed by atoms with Crippen LogP contribution in [0.2, 0.25) is 0 Å². The van der Waals surface area contributed by atoms with E-state index in [1.807, 2.05) is 0 Å². The van der Waals surface area contributed by atoms with E-state index in [-0.39, 0.29) is 6.10 Å². The van der Waals surface area contributed by atoms with Crippen LogP contribution < -0.4 is 0 Å². The van der Waals surface area contributed by atoms with E-state index in [1.54, 1.807) is 0 Å². The maximum Gasteiger partial charge on any atom is 0.264 e. The van der Waals surface area contributed by atoms with Crippen LogP contribution in [-0.2, 0) is 14.3 Å². The first kappa shape index (κ1) is 8.01. The van der Waals surface area contributed by atoms with Gasteiger partial charge < -0.3 is 0 Å². The fraction of sp³-hybridized carbons (Fsp3) is 0.833. The van der Waals surface area contributed by atoms with Crippen LogP contribution in [0.5, 0.6) is 0 Å². The average Bonchev–Trinajstić information content (AvgIpc) is 2.12. The molecule has 0 aromatic heterocycles. The second kappa shape index (κ2) is 2.88. The Morgan fingerprint density at radius 2 is 2.30 bits per heavy atom. The highest BCUT2D eigenvalue weighted by atomic mass is 32.2. The van der Waals surface area contributed by atoms with Crippen LogP contribution in [0, 0.1) is 6.42 Å². The second-order valence-corrected chi connectivity index (χ2v) is 4.12. The quantitative estimate of drug-likeness (QED) is 0.563. The summed E-state index contributed by atoms with van der Waals surface area (Å²) in [5.41, 5.74) is 0. The van der Waals surface area contributed by atoms with Crippen molar-refractivity contribution in [2.75, 3.05) is 6.26 Å². The van der Waals surface area contributed by atoms with E-state index in [2.05, 4.69) is 6.42 Å². The maximum absolute atomic E-state index is 10.6. The molecule has 1 aliphatic rings.